The van der Waals surface area contributed by atoms with Crippen LogP contribution in [0.5, 0.6) is 5.75 Å². The highest BCUT2D eigenvalue weighted by atomic mass is 16.5. The van der Waals surface area contributed by atoms with E-state index in [4.69, 9.17) is 4.74 Å². The van der Waals surface area contributed by atoms with Gasteiger partial charge in [-0.1, -0.05) is 62.4 Å². The summed E-state index contributed by atoms with van der Waals surface area (Å²) in [6.45, 7) is 3.96. The van der Waals surface area contributed by atoms with Gasteiger partial charge in [-0.15, -0.1) is 0 Å². The average Bonchev–Trinajstić information content (AvgIpc) is 2.76. The number of nitrogens with one attached hydrogen (secondary N) is 1. The number of ether oxygens (including phenoxy) is 1. The summed E-state index contributed by atoms with van der Waals surface area (Å²) in [7, 11) is 0. The highest BCUT2D eigenvalue weighted by Crippen LogP contribution is 2.26. The molecular formula is C26H33NO5. The second-order valence-corrected chi connectivity index (χ2v) is 7.87. The number of hydrogen-bond acceptors (Lipinski definition) is 5. The predicted molar refractivity (Wildman–Crippen MR) is 125 cm³/mol. The van der Waals surface area contributed by atoms with E-state index in [1.807, 2.05) is 32.1 Å². The Morgan fingerprint density at radius 2 is 2.06 bits per heavy atom. The lowest BCUT2D eigenvalue weighted by Crippen LogP contribution is -2.28. The molecule has 0 spiro atoms. The fourth-order valence-corrected chi connectivity index (χ4v) is 3.34. The molecule has 3 N–H and O–H groups in total. The molecule has 0 saturated heterocycles. The van der Waals surface area contributed by atoms with E-state index in [1.54, 1.807) is 30.4 Å². The van der Waals surface area contributed by atoms with Gasteiger partial charge in [-0.05, 0) is 36.8 Å². The highest BCUT2D eigenvalue weighted by molar-refractivity contribution is 5.94. The van der Waals surface area contributed by atoms with Crippen molar-refractivity contribution in [1.29, 1.82) is 0 Å². The van der Waals surface area contributed by atoms with Crippen LogP contribution in [0.3, 0.4) is 0 Å². The zero-order valence-corrected chi connectivity index (χ0v) is 18.7. The maximum absolute atomic E-state index is 12.9. The summed E-state index contributed by atoms with van der Waals surface area (Å²) in [6, 6.07) is 4.95. The number of fused-ring (bicyclic) bond motifs is 1. The van der Waals surface area contributed by atoms with Crippen molar-refractivity contribution in [1.82, 2.24) is 5.32 Å². The molecule has 0 radical (unpaired) electrons. The van der Waals surface area contributed by atoms with Crippen molar-refractivity contribution in [2.45, 2.75) is 58.2 Å². The number of carbonyl (C=O) groups excluding carboxylic acids is 2. The lowest BCUT2D eigenvalue weighted by atomic mass is 9.93. The molecule has 6 nitrogen and oxygen atoms in total. The van der Waals surface area contributed by atoms with Gasteiger partial charge in [0.25, 0.3) is 0 Å². The van der Waals surface area contributed by atoms with Crippen LogP contribution in [0.1, 0.15) is 55.5 Å². The van der Waals surface area contributed by atoms with Gasteiger partial charge in [0.1, 0.15) is 17.4 Å². The molecule has 1 heterocycles. The number of aliphatic hydroxyl groups excluding tert-OH is 1. The van der Waals surface area contributed by atoms with Crippen LogP contribution in [0.4, 0.5) is 0 Å². The van der Waals surface area contributed by atoms with Crippen LogP contribution in [-0.4, -0.2) is 34.3 Å². The molecular weight excluding hydrogens is 406 g/mol. The minimum atomic E-state index is -0.656. The van der Waals surface area contributed by atoms with Crippen LogP contribution in [0.2, 0.25) is 0 Å². The van der Waals surface area contributed by atoms with Crippen LogP contribution < -0.4 is 5.32 Å². The van der Waals surface area contributed by atoms with E-state index in [0.29, 0.717) is 24.8 Å². The molecule has 0 unspecified atom stereocenters. The zero-order chi connectivity index (χ0) is 23.3. The fraction of sp³-hybridized carbons (Fsp3) is 0.385. The number of esters is 1. The van der Waals surface area contributed by atoms with Crippen molar-refractivity contribution < 1.29 is 24.5 Å². The number of cyclic esters (lactones) is 1. The van der Waals surface area contributed by atoms with Crippen molar-refractivity contribution in [3.63, 3.8) is 0 Å². The maximum atomic E-state index is 12.9. The Labute approximate surface area is 190 Å². The second kappa shape index (κ2) is 13.3. The first-order valence-electron chi connectivity index (χ1n) is 11.1. The Morgan fingerprint density at radius 3 is 2.84 bits per heavy atom. The number of aromatic hydroxyl groups is 1. The molecule has 0 saturated carbocycles. The molecule has 1 aliphatic rings. The van der Waals surface area contributed by atoms with Crippen LogP contribution in [-0.2, 0) is 16.0 Å². The van der Waals surface area contributed by atoms with Crippen molar-refractivity contribution in [3.05, 3.63) is 78.1 Å². The van der Waals surface area contributed by atoms with Crippen LogP contribution in [0.15, 0.2) is 66.9 Å². The number of benzene rings is 1. The maximum Gasteiger partial charge on any atom is 0.342 e. The van der Waals surface area contributed by atoms with Crippen molar-refractivity contribution in [2.75, 3.05) is 0 Å². The molecule has 32 heavy (non-hydrogen) atoms. The Hall–Kier alpha value is -3.12. The van der Waals surface area contributed by atoms with Crippen molar-refractivity contribution in [3.8, 4) is 5.75 Å². The van der Waals surface area contributed by atoms with Gasteiger partial charge >= 0.3 is 5.97 Å². The molecule has 1 aromatic carbocycles. The van der Waals surface area contributed by atoms with Gasteiger partial charge in [0.15, 0.2) is 0 Å². The fourth-order valence-electron chi connectivity index (χ4n) is 3.34. The standard InChI is InChI=1S/C26H33NO5/c1-3-4-5-6-16-24(30)27-17-10-14-21-18-23(29)19(2)11-7-8-12-20-13-9-15-22(28)25(20)26(31)32-21/h4-10,13,15-17,19,21,23,28-29H,3,11-12,14,18H2,1-2H3,(H,27,30)/b5-4+,8-7+,16-6+,17-10+/t19-,21-,23+/m0/s1. The quantitative estimate of drug-likeness (QED) is 0.265. The minimum Gasteiger partial charge on any atom is -0.507 e. The second-order valence-electron chi connectivity index (χ2n) is 7.87. The summed E-state index contributed by atoms with van der Waals surface area (Å²) in [5.74, 6) is -1.02. The first kappa shape index (κ1) is 25.1. The lowest BCUT2D eigenvalue weighted by molar-refractivity contribution is -0.115. The smallest absolute Gasteiger partial charge is 0.342 e. The van der Waals surface area contributed by atoms with E-state index in [2.05, 4.69) is 5.32 Å². The van der Waals surface area contributed by atoms with E-state index in [0.717, 1.165) is 6.42 Å². The van der Waals surface area contributed by atoms with Gasteiger partial charge in [0.05, 0.1) is 6.10 Å². The molecule has 0 aliphatic carbocycles. The first-order chi connectivity index (χ1) is 15.4. The van der Waals surface area contributed by atoms with Gasteiger partial charge in [0.2, 0.25) is 5.91 Å². The monoisotopic (exact) mass is 439 g/mol. The summed E-state index contributed by atoms with van der Waals surface area (Å²) >= 11 is 0. The largest absolute Gasteiger partial charge is 0.507 e. The van der Waals surface area contributed by atoms with Crippen LogP contribution in [0, 0.1) is 5.92 Å². The highest BCUT2D eigenvalue weighted by Gasteiger charge is 2.25. The molecule has 1 aromatic rings. The summed E-state index contributed by atoms with van der Waals surface area (Å²) in [5.41, 5.74) is 0.832. The third-order valence-corrected chi connectivity index (χ3v) is 5.25. The van der Waals surface area contributed by atoms with Gasteiger partial charge in [-0.3, -0.25) is 4.79 Å². The molecule has 172 valence electrons. The van der Waals surface area contributed by atoms with E-state index < -0.39 is 18.2 Å². The first-order valence-corrected chi connectivity index (χ1v) is 11.1. The SMILES string of the molecule is CC/C=C/C=C/C(=O)N/C=C/C[C@H]1C[C@@H](O)[C@@H](C)C/C=C/Cc2cccc(O)c2C(=O)O1. The number of phenols is 1. The van der Waals surface area contributed by atoms with Gasteiger partial charge in [0, 0.05) is 25.1 Å². The summed E-state index contributed by atoms with van der Waals surface area (Å²) < 4.78 is 5.68. The number of aliphatic hydroxyl groups is 1. The Kier molecular flexibility index (Phi) is 10.5. The Bertz CT molecular complexity index is 884. The Morgan fingerprint density at radius 1 is 1.25 bits per heavy atom. The van der Waals surface area contributed by atoms with Gasteiger partial charge < -0.3 is 20.3 Å². The number of hydrogen-bond donors (Lipinski definition) is 3. The zero-order valence-electron chi connectivity index (χ0n) is 18.7. The van der Waals surface area contributed by atoms with Gasteiger partial charge in [-0.25, -0.2) is 4.79 Å². The molecule has 0 aromatic heterocycles. The van der Waals surface area contributed by atoms with Crippen LogP contribution >= 0.6 is 0 Å². The topological polar surface area (TPSA) is 95.9 Å². The molecule has 1 aliphatic heterocycles. The summed E-state index contributed by atoms with van der Waals surface area (Å²) in [4.78, 5) is 24.6. The number of allylic oxidation sites excluding steroid dienone is 5. The molecule has 0 fully saturated rings. The summed E-state index contributed by atoms with van der Waals surface area (Å²) in [6.07, 6.45) is 15.3. The van der Waals surface area contributed by atoms with E-state index in [-0.39, 0.29) is 29.6 Å². The number of rotatable bonds is 6. The van der Waals surface area contributed by atoms with Gasteiger partial charge in [-0.2, -0.15) is 0 Å². The average molecular weight is 440 g/mol. The van der Waals surface area contributed by atoms with E-state index in [1.165, 1.54) is 18.3 Å². The molecule has 2 rings (SSSR count). The number of amides is 1. The number of carbonyl (C=O) groups is 2. The van der Waals surface area contributed by atoms with E-state index >= 15 is 0 Å². The lowest BCUT2D eigenvalue weighted by Gasteiger charge is -2.24. The minimum absolute atomic E-state index is 0.000482. The Balaban J connectivity index is 2.11. The normalized spacial score (nSPS) is 23.5. The predicted octanol–water partition coefficient (Wildman–Crippen LogP) is 4.35. The third kappa shape index (κ3) is 8.19. The third-order valence-electron chi connectivity index (χ3n) is 5.25. The number of phenolic OH excluding ortho intramolecular Hbond substituents is 1. The molecule has 3 atom stereocenters. The summed E-state index contributed by atoms with van der Waals surface area (Å²) in [5, 5.41) is 23.4. The molecule has 6 heteroatoms. The van der Waals surface area contributed by atoms with E-state index in [9.17, 15) is 19.8 Å². The molecule has 1 amide bonds. The van der Waals surface area contributed by atoms with Crippen LogP contribution in [0.25, 0.3) is 0 Å². The molecule has 0 bridgehead atoms. The van der Waals surface area contributed by atoms with Crippen molar-refractivity contribution in [2.24, 2.45) is 5.92 Å². The van der Waals surface area contributed by atoms with Crippen molar-refractivity contribution >= 4 is 11.9 Å².